The van der Waals surface area contributed by atoms with E-state index < -0.39 is 29.8 Å². The second-order valence-corrected chi connectivity index (χ2v) is 2.60. The van der Waals surface area contributed by atoms with Crippen LogP contribution in [0.15, 0.2) is 0 Å². The maximum absolute atomic E-state index is 9.00. The molecular weight excluding hydrogens is 328 g/mol. The summed E-state index contributed by atoms with van der Waals surface area (Å²) in [5.74, 6) is -4.17. The minimum atomic E-state index is -0.833. The second kappa shape index (κ2) is 50.0. The molecule has 0 aliphatic heterocycles. The molecule has 0 rings (SSSR count). The quantitative estimate of drug-likeness (QED) is 0.429. The Morgan fingerprint density at radius 1 is 0.375 bits per heavy atom. The molecule has 0 radical (unpaired) electrons. The Hall–Kier alpha value is -2.65. The number of rotatable bonds is 0. The van der Waals surface area contributed by atoms with Crippen LogP contribution in [0.25, 0.3) is 0 Å². The van der Waals surface area contributed by atoms with Gasteiger partial charge in [0.05, 0.1) is 0 Å². The molecule has 0 aromatic carbocycles. The molecule has 0 fully saturated rings. The molecule has 24 heavy (non-hydrogen) atoms. The predicted molar refractivity (Wildman–Crippen MR) is 89.2 cm³/mol. The smallest absolute Gasteiger partial charge is 0.300 e. The van der Waals surface area contributed by atoms with Crippen molar-refractivity contribution in [1.82, 2.24) is 0 Å². The highest BCUT2D eigenvalue weighted by Gasteiger charge is 1.67. The van der Waals surface area contributed by atoms with Crippen molar-refractivity contribution in [2.45, 2.75) is 62.3 Å². The van der Waals surface area contributed by atoms with Gasteiger partial charge in [0.25, 0.3) is 29.8 Å². The zero-order valence-corrected chi connectivity index (χ0v) is 15.8. The van der Waals surface area contributed by atoms with Crippen LogP contribution < -0.4 is 0 Å². The van der Waals surface area contributed by atoms with Crippen molar-refractivity contribution < 1.29 is 49.5 Å². The Kier molecular flexibility index (Phi) is 89.4. The van der Waals surface area contributed by atoms with Crippen LogP contribution >= 0.6 is 0 Å². The first-order valence-electron chi connectivity index (χ1n) is 6.64. The van der Waals surface area contributed by atoms with Crippen LogP contribution in [0.5, 0.6) is 0 Å². The molecule has 0 aliphatic rings. The summed E-state index contributed by atoms with van der Waals surface area (Å²) in [6.07, 6.45) is 0. The van der Waals surface area contributed by atoms with E-state index >= 15 is 0 Å². The lowest BCUT2D eigenvalue weighted by Crippen LogP contribution is -1.78. The molecule has 0 aromatic heterocycles. The summed E-state index contributed by atoms with van der Waals surface area (Å²) in [4.78, 5) is 45.0. The highest BCUT2D eigenvalue weighted by atomic mass is 16.4. The summed E-state index contributed by atoms with van der Waals surface area (Å²) in [5, 5.41) is 37.1. The number of hydrogen-bond donors (Lipinski definition) is 5. The first-order chi connectivity index (χ1) is 10.7. The lowest BCUT2D eigenvalue weighted by Gasteiger charge is -1.59. The Balaban J connectivity index is -0.0000000286. The SMILES string of the molecule is CC.CC.CC(=O)O.CC(=O)O.CC(=O)O.CC(=O)O.CC(=O)O. The summed E-state index contributed by atoms with van der Waals surface area (Å²) in [7, 11) is 0. The molecule has 0 aromatic rings. The van der Waals surface area contributed by atoms with Gasteiger partial charge in [0.15, 0.2) is 0 Å². The third kappa shape index (κ3) is 928. The third-order valence-electron chi connectivity index (χ3n) is 0. The van der Waals surface area contributed by atoms with Crippen molar-refractivity contribution in [3.63, 3.8) is 0 Å². The summed E-state index contributed by atoms with van der Waals surface area (Å²) < 4.78 is 0. The third-order valence-corrected chi connectivity index (χ3v) is 0. The van der Waals surface area contributed by atoms with Gasteiger partial charge >= 0.3 is 0 Å². The van der Waals surface area contributed by atoms with Crippen LogP contribution in [-0.4, -0.2) is 55.4 Å². The highest BCUT2D eigenvalue weighted by molar-refractivity contribution is 5.63. The molecule has 0 aliphatic carbocycles. The van der Waals surface area contributed by atoms with Gasteiger partial charge in [-0.1, -0.05) is 27.7 Å². The normalized spacial score (nSPS) is 5.71. The van der Waals surface area contributed by atoms with E-state index in [0.717, 1.165) is 34.6 Å². The lowest BCUT2D eigenvalue weighted by molar-refractivity contribution is -0.135. The predicted octanol–water partition coefficient (Wildman–Crippen LogP) is 2.51. The average molecular weight is 360 g/mol. The van der Waals surface area contributed by atoms with Crippen LogP contribution in [-0.2, 0) is 24.0 Å². The van der Waals surface area contributed by atoms with Crippen LogP contribution in [0.4, 0.5) is 0 Å². The summed E-state index contributed by atoms with van der Waals surface area (Å²) >= 11 is 0. The van der Waals surface area contributed by atoms with Crippen molar-refractivity contribution in [3.05, 3.63) is 0 Å². The van der Waals surface area contributed by atoms with Crippen LogP contribution in [0.2, 0.25) is 0 Å². The fourth-order valence-corrected chi connectivity index (χ4v) is 0. The molecule has 0 saturated carbocycles. The van der Waals surface area contributed by atoms with E-state index in [1.54, 1.807) is 0 Å². The van der Waals surface area contributed by atoms with E-state index in [1.807, 2.05) is 27.7 Å². The van der Waals surface area contributed by atoms with Gasteiger partial charge in [0.1, 0.15) is 0 Å². The van der Waals surface area contributed by atoms with E-state index in [4.69, 9.17) is 49.5 Å². The van der Waals surface area contributed by atoms with Crippen molar-refractivity contribution in [1.29, 1.82) is 0 Å². The molecule has 148 valence electrons. The number of carboxylic acid groups (broad SMARTS) is 5. The van der Waals surface area contributed by atoms with E-state index in [0.29, 0.717) is 0 Å². The Morgan fingerprint density at radius 2 is 0.375 bits per heavy atom. The number of carbonyl (C=O) groups is 5. The second-order valence-electron chi connectivity index (χ2n) is 2.60. The van der Waals surface area contributed by atoms with Gasteiger partial charge in [-0.2, -0.15) is 0 Å². The Morgan fingerprint density at radius 3 is 0.375 bits per heavy atom. The van der Waals surface area contributed by atoms with Gasteiger partial charge in [-0.3, -0.25) is 24.0 Å². The van der Waals surface area contributed by atoms with E-state index in [1.165, 1.54) is 0 Å². The molecule has 0 unspecified atom stereocenters. The van der Waals surface area contributed by atoms with Gasteiger partial charge in [-0.15, -0.1) is 0 Å². The van der Waals surface area contributed by atoms with Crippen molar-refractivity contribution >= 4 is 29.8 Å². The fourth-order valence-electron chi connectivity index (χ4n) is 0. The molecule has 0 bridgehead atoms. The van der Waals surface area contributed by atoms with Crippen LogP contribution in [0, 0.1) is 0 Å². The molecule has 0 saturated heterocycles. The number of carboxylic acids is 5. The van der Waals surface area contributed by atoms with Crippen LogP contribution in [0.1, 0.15) is 62.3 Å². The fraction of sp³-hybridized carbons (Fsp3) is 0.643. The van der Waals surface area contributed by atoms with Crippen LogP contribution in [0.3, 0.4) is 0 Å². The maximum Gasteiger partial charge on any atom is 0.300 e. The minimum absolute atomic E-state index is 0.833. The van der Waals surface area contributed by atoms with Gasteiger partial charge in [-0.05, 0) is 0 Å². The maximum atomic E-state index is 9.00. The first-order valence-corrected chi connectivity index (χ1v) is 6.64. The van der Waals surface area contributed by atoms with E-state index in [-0.39, 0.29) is 0 Å². The summed E-state index contributed by atoms with van der Waals surface area (Å²) in [5.41, 5.74) is 0. The molecule has 10 nitrogen and oxygen atoms in total. The zero-order valence-electron chi connectivity index (χ0n) is 15.8. The van der Waals surface area contributed by atoms with E-state index in [2.05, 4.69) is 0 Å². The monoisotopic (exact) mass is 360 g/mol. The van der Waals surface area contributed by atoms with Crippen molar-refractivity contribution in [2.75, 3.05) is 0 Å². The molecule has 10 heteroatoms. The summed E-state index contributed by atoms with van der Waals surface area (Å²) in [6, 6.07) is 0. The molecule has 5 N–H and O–H groups in total. The zero-order chi connectivity index (χ0) is 21.9. The van der Waals surface area contributed by atoms with E-state index in [9.17, 15) is 0 Å². The Bertz CT molecular complexity index is 208. The topological polar surface area (TPSA) is 186 Å². The average Bonchev–Trinajstić information content (AvgIpc) is 2.29. The largest absolute Gasteiger partial charge is 0.481 e. The summed E-state index contributed by atoms with van der Waals surface area (Å²) in [6.45, 7) is 13.4. The molecular formula is C14H32O10. The minimum Gasteiger partial charge on any atom is -0.481 e. The van der Waals surface area contributed by atoms with Gasteiger partial charge in [-0.25, -0.2) is 0 Å². The Labute approximate surface area is 142 Å². The lowest BCUT2D eigenvalue weighted by atomic mass is 10.9. The molecule has 0 heterocycles. The highest BCUT2D eigenvalue weighted by Crippen LogP contribution is 1.43. The number of aliphatic carboxylic acids is 5. The molecule has 0 amide bonds. The van der Waals surface area contributed by atoms with Gasteiger partial charge < -0.3 is 25.5 Å². The molecule has 0 atom stereocenters. The van der Waals surface area contributed by atoms with Crippen molar-refractivity contribution in [3.8, 4) is 0 Å². The van der Waals surface area contributed by atoms with Gasteiger partial charge in [0, 0.05) is 34.6 Å². The standard InChI is InChI=1S/5C2H4O2.2C2H6/c5*1-2(3)4;2*1-2/h5*1H3,(H,3,4);2*1-2H3. The molecule has 0 spiro atoms. The van der Waals surface area contributed by atoms with Gasteiger partial charge in [0.2, 0.25) is 0 Å². The first kappa shape index (κ1) is 42.9. The van der Waals surface area contributed by atoms with Crippen molar-refractivity contribution in [2.24, 2.45) is 0 Å². The number of hydrogen-bond acceptors (Lipinski definition) is 5.